The van der Waals surface area contributed by atoms with Crippen LogP contribution < -0.4 is 20.1 Å². The summed E-state index contributed by atoms with van der Waals surface area (Å²) in [5.41, 5.74) is -0.139. The van der Waals surface area contributed by atoms with E-state index in [4.69, 9.17) is 9.47 Å². The molecule has 9 heteroatoms. The van der Waals surface area contributed by atoms with Crippen LogP contribution in [0.4, 0.5) is 19.0 Å². The Morgan fingerprint density at radius 1 is 1.23 bits per heavy atom. The molecule has 0 aliphatic carbocycles. The molecule has 0 aliphatic heterocycles. The molecule has 0 radical (unpaired) electrons. The van der Waals surface area contributed by atoms with E-state index in [-0.39, 0.29) is 24.8 Å². The molecule has 2 N–H and O–H groups in total. The van der Waals surface area contributed by atoms with E-state index in [1.807, 2.05) is 0 Å². The molecule has 0 spiro atoms. The number of amides is 1. The Hall–Kier alpha value is -3.49. The third kappa shape index (κ3) is 6.84. The fourth-order valence-corrected chi connectivity index (χ4v) is 2.43. The maximum atomic E-state index is 12.9. The Balaban J connectivity index is 1.85. The lowest BCUT2D eigenvalue weighted by molar-refractivity contribution is -0.137. The first-order chi connectivity index (χ1) is 14.3. The highest BCUT2D eigenvalue weighted by atomic mass is 19.4. The Morgan fingerprint density at radius 3 is 2.73 bits per heavy atom. The van der Waals surface area contributed by atoms with E-state index in [9.17, 15) is 18.0 Å². The van der Waals surface area contributed by atoms with Crippen molar-refractivity contribution in [3.05, 3.63) is 66.4 Å². The number of methoxy groups -OCH3 is 1. The number of rotatable bonds is 10. The number of carbonyl (C=O) groups is 1. The van der Waals surface area contributed by atoms with Gasteiger partial charge in [-0.25, -0.2) is 4.98 Å². The average Bonchev–Trinajstić information content (AvgIpc) is 2.73. The van der Waals surface area contributed by atoms with Gasteiger partial charge in [0.15, 0.2) is 11.5 Å². The number of alkyl halides is 3. The molecular formula is C21H22F3N3O3. The number of aromatic nitrogens is 1. The van der Waals surface area contributed by atoms with Gasteiger partial charge >= 0.3 is 6.18 Å². The van der Waals surface area contributed by atoms with Crippen molar-refractivity contribution in [3.8, 4) is 11.5 Å². The van der Waals surface area contributed by atoms with Crippen molar-refractivity contribution in [1.82, 2.24) is 10.3 Å². The lowest BCUT2D eigenvalue weighted by Crippen LogP contribution is -2.27. The summed E-state index contributed by atoms with van der Waals surface area (Å²) in [6.07, 6.45) is 1.28. The molecule has 30 heavy (non-hydrogen) atoms. The van der Waals surface area contributed by atoms with Crippen LogP contribution in [0.25, 0.3) is 6.08 Å². The van der Waals surface area contributed by atoms with Crippen molar-refractivity contribution < 1.29 is 27.4 Å². The molecule has 0 aliphatic rings. The first kappa shape index (κ1) is 22.8. The molecule has 0 atom stereocenters. The third-order valence-electron chi connectivity index (χ3n) is 3.80. The van der Waals surface area contributed by atoms with E-state index >= 15 is 0 Å². The molecule has 0 saturated carbocycles. The number of nitrogens with one attached hydrogen (secondary N) is 2. The van der Waals surface area contributed by atoms with Crippen molar-refractivity contribution in [2.75, 3.05) is 32.1 Å². The van der Waals surface area contributed by atoms with Crippen LogP contribution in [0.2, 0.25) is 0 Å². The minimum atomic E-state index is -4.50. The second kappa shape index (κ2) is 10.9. The zero-order valence-corrected chi connectivity index (χ0v) is 16.3. The standard InChI is InChI=1S/C21H22F3N3O3/c1-3-13-30-17-8-6-15(14-18(17)29-2)7-9-19(28)25-11-12-27-20-16(21(22,23)24)5-4-10-26-20/h3-10,14H,1,11-13H2,2H3,(H,25,28)(H,26,27). The predicted molar refractivity (Wildman–Crippen MR) is 108 cm³/mol. The van der Waals surface area contributed by atoms with Gasteiger partial charge in [0.2, 0.25) is 5.91 Å². The van der Waals surface area contributed by atoms with Gasteiger partial charge in [0.1, 0.15) is 12.4 Å². The molecule has 2 aromatic rings. The summed E-state index contributed by atoms with van der Waals surface area (Å²) >= 11 is 0. The molecule has 1 heterocycles. The van der Waals surface area contributed by atoms with Crippen molar-refractivity contribution in [3.63, 3.8) is 0 Å². The van der Waals surface area contributed by atoms with Gasteiger partial charge in [0.05, 0.1) is 12.7 Å². The van der Waals surface area contributed by atoms with E-state index in [1.165, 1.54) is 25.4 Å². The zero-order valence-electron chi connectivity index (χ0n) is 16.3. The van der Waals surface area contributed by atoms with E-state index in [0.29, 0.717) is 18.1 Å². The molecule has 0 saturated heterocycles. The largest absolute Gasteiger partial charge is 0.493 e. The number of hydrogen-bond donors (Lipinski definition) is 2. The van der Waals surface area contributed by atoms with Crippen molar-refractivity contribution in [2.24, 2.45) is 0 Å². The molecule has 2 rings (SSSR count). The van der Waals surface area contributed by atoms with Crippen LogP contribution in [-0.4, -0.2) is 37.7 Å². The summed E-state index contributed by atoms with van der Waals surface area (Å²) in [4.78, 5) is 15.6. The maximum absolute atomic E-state index is 12.9. The molecule has 6 nitrogen and oxygen atoms in total. The Bertz CT molecular complexity index is 899. The summed E-state index contributed by atoms with van der Waals surface area (Å²) in [5.74, 6) is 0.401. The lowest BCUT2D eigenvalue weighted by Gasteiger charge is -2.13. The van der Waals surface area contributed by atoms with Crippen LogP contribution in [-0.2, 0) is 11.0 Å². The van der Waals surface area contributed by atoms with Crippen LogP contribution >= 0.6 is 0 Å². The minimum absolute atomic E-state index is 0.0861. The number of hydrogen-bond acceptors (Lipinski definition) is 5. The molecule has 0 bridgehead atoms. The molecular weight excluding hydrogens is 399 g/mol. The van der Waals surface area contributed by atoms with Crippen LogP contribution in [0.15, 0.2) is 55.3 Å². The minimum Gasteiger partial charge on any atom is -0.493 e. The van der Waals surface area contributed by atoms with Crippen molar-refractivity contribution >= 4 is 17.8 Å². The second-order valence-electron chi connectivity index (χ2n) is 5.96. The van der Waals surface area contributed by atoms with Gasteiger partial charge < -0.3 is 20.1 Å². The van der Waals surface area contributed by atoms with Crippen molar-refractivity contribution in [2.45, 2.75) is 6.18 Å². The quantitative estimate of drug-likeness (QED) is 0.346. The summed E-state index contributed by atoms with van der Waals surface area (Å²) in [6.45, 7) is 4.13. The molecule has 0 fully saturated rings. The summed E-state index contributed by atoms with van der Waals surface area (Å²) in [5, 5.41) is 5.16. The van der Waals surface area contributed by atoms with E-state index < -0.39 is 11.7 Å². The van der Waals surface area contributed by atoms with Crippen LogP contribution in [0.3, 0.4) is 0 Å². The number of ether oxygens (including phenoxy) is 2. The second-order valence-corrected chi connectivity index (χ2v) is 5.96. The highest BCUT2D eigenvalue weighted by molar-refractivity contribution is 5.91. The Kier molecular flexibility index (Phi) is 8.28. The zero-order chi connectivity index (χ0) is 22.0. The first-order valence-corrected chi connectivity index (χ1v) is 8.99. The monoisotopic (exact) mass is 421 g/mol. The van der Waals surface area contributed by atoms with Crippen LogP contribution in [0.5, 0.6) is 11.5 Å². The predicted octanol–water partition coefficient (Wildman–Crippen LogP) is 3.92. The first-order valence-electron chi connectivity index (χ1n) is 8.99. The fraction of sp³-hybridized carbons (Fsp3) is 0.238. The number of nitrogens with zero attached hydrogens (tertiary/aromatic N) is 1. The van der Waals surface area contributed by atoms with Crippen LogP contribution in [0, 0.1) is 0 Å². The smallest absolute Gasteiger partial charge is 0.419 e. The van der Waals surface area contributed by atoms with Gasteiger partial charge in [-0.05, 0) is 35.9 Å². The Morgan fingerprint density at radius 2 is 2.03 bits per heavy atom. The van der Waals surface area contributed by atoms with Crippen LogP contribution in [0.1, 0.15) is 11.1 Å². The van der Waals surface area contributed by atoms with Gasteiger partial charge in [0.25, 0.3) is 0 Å². The fourth-order valence-electron chi connectivity index (χ4n) is 2.43. The SMILES string of the molecule is C=CCOc1ccc(C=CC(=O)NCCNc2ncccc2C(F)(F)F)cc1OC. The van der Waals surface area contributed by atoms with Gasteiger partial charge in [-0.2, -0.15) is 13.2 Å². The van der Waals surface area contributed by atoms with Crippen molar-refractivity contribution in [1.29, 1.82) is 0 Å². The number of benzene rings is 1. The molecule has 1 amide bonds. The topological polar surface area (TPSA) is 72.5 Å². The highest BCUT2D eigenvalue weighted by Gasteiger charge is 2.33. The van der Waals surface area contributed by atoms with Gasteiger partial charge in [-0.3, -0.25) is 4.79 Å². The summed E-state index contributed by atoms with van der Waals surface area (Å²) in [6, 6.07) is 7.34. The maximum Gasteiger partial charge on any atom is 0.419 e. The molecule has 0 unspecified atom stereocenters. The third-order valence-corrected chi connectivity index (χ3v) is 3.80. The van der Waals surface area contributed by atoms with Gasteiger partial charge in [-0.15, -0.1) is 0 Å². The lowest BCUT2D eigenvalue weighted by atomic mass is 10.2. The Labute approximate surface area is 172 Å². The molecule has 1 aromatic heterocycles. The van der Waals surface area contributed by atoms with E-state index in [0.717, 1.165) is 11.6 Å². The highest BCUT2D eigenvalue weighted by Crippen LogP contribution is 2.33. The van der Waals surface area contributed by atoms with E-state index in [1.54, 1.807) is 30.4 Å². The molecule has 1 aromatic carbocycles. The van der Waals surface area contributed by atoms with Gasteiger partial charge in [0, 0.05) is 25.4 Å². The molecule has 160 valence electrons. The van der Waals surface area contributed by atoms with E-state index in [2.05, 4.69) is 22.2 Å². The average molecular weight is 421 g/mol. The number of carbonyl (C=O) groups excluding carboxylic acids is 1. The summed E-state index contributed by atoms with van der Waals surface area (Å²) in [7, 11) is 1.51. The number of pyridine rings is 1. The number of halogens is 3. The number of anilines is 1. The summed E-state index contributed by atoms with van der Waals surface area (Å²) < 4.78 is 49.4. The van der Waals surface area contributed by atoms with Gasteiger partial charge in [-0.1, -0.05) is 18.7 Å². The normalized spacial score (nSPS) is 11.2.